The topological polar surface area (TPSA) is 49.3 Å². The molecule has 0 aliphatic carbocycles. The normalized spacial score (nSPS) is 18.1. The Kier molecular flexibility index (Phi) is 7.25. The van der Waals surface area contributed by atoms with Gasteiger partial charge in [-0.2, -0.15) is 0 Å². The van der Waals surface area contributed by atoms with Gasteiger partial charge in [-0.3, -0.25) is 9.69 Å². The fourth-order valence-corrected chi connectivity index (χ4v) is 3.65. The van der Waals surface area contributed by atoms with E-state index in [1.54, 1.807) is 31.5 Å². The summed E-state index contributed by atoms with van der Waals surface area (Å²) in [6.07, 6.45) is 12.2. The number of amides is 1. The molecule has 2 heterocycles. The second kappa shape index (κ2) is 10.1. The summed E-state index contributed by atoms with van der Waals surface area (Å²) in [5, 5.41) is 0. The van der Waals surface area contributed by atoms with E-state index in [1.165, 1.54) is 18.5 Å². The van der Waals surface area contributed by atoms with Gasteiger partial charge in [-0.15, -0.1) is 0 Å². The first kappa shape index (κ1) is 20.1. The molecule has 3 rings (SSSR count). The predicted octanol–water partition coefficient (Wildman–Crippen LogP) is 3.53. The Balaban J connectivity index is 1.54. The van der Waals surface area contributed by atoms with Crippen molar-refractivity contribution in [1.82, 2.24) is 19.8 Å². The average Bonchev–Trinajstić information content (AvgIpc) is 2.94. The third-order valence-corrected chi connectivity index (χ3v) is 5.15. The van der Waals surface area contributed by atoms with Crippen LogP contribution in [-0.2, 0) is 11.3 Å². The van der Waals surface area contributed by atoms with E-state index in [1.807, 2.05) is 11.0 Å². The molecule has 28 heavy (non-hydrogen) atoms. The minimum absolute atomic E-state index is 0.0958. The van der Waals surface area contributed by atoms with Gasteiger partial charge in [0.2, 0.25) is 5.91 Å². The van der Waals surface area contributed by atoms with Gasteiger partial charge in [-0.1, -0.05) is 24.3 Å². The molecule has 2 aromatic rings. The number of hydrogen-bond acceptors (Lipinski definition) is 4. The highest BCUT2D eigenvalue weighted by Crippen LogP contribution is 2.19. The van der Waals surface area contributed by atoms with Crippen LogP contribution in [0.25, 0.3) is 6.08 Å². The highest BCUT2D eigenvalue weighted by molar-refractivity contribution is 5.73. The standard InChI is InChI=1S/C22H27FN4O/c1-18(28)27(16-20-14-24-17-25-15-20)22-5-3-12-26(13-10-22)11-2-4-19-6-8-21(23)9-7-19/h2,4,6-9,14-15,17,22H,3,5,10-13,16H2,1H3/b4-2+. The Labute approximate surface area is 165 Å². The van der Waals surface area contributed by atoms with Gasteiger partial charge in [0, 0.05) is 50.6 Å². The van der Waals surface area contributed by atoms with Gasteiger partial charge >= 0.3 is 0 Å². The number of carbonyl (C=O) groups is 1. The Hall–Kier alpha value is -2.60. The molecule has 1 saturated heterocycles. The molecule has 1 unspecified atom stereocenters. The second-order valence-corrected chi connectivity index (χ2v) is 7.23. The molecule has 1 aromatic heterocycles. The summed E-state index contributed by atoms with van der Waals surface area (Å²) in [5.74, 6) is -0.119. The zero-order valence-electron chi connectivity index (χ0n) is 16.3. The largest absolute Gasteiger partial charge is 0.335 e. The molecule has 0 saturated carbocycles. The van der Waals surface area contributed by atoms with Crippen molar-refractivity contribution in [2.75, 3.05) is 19.6 Å². The first-order valence-corrected chi connectivity index (χ1v) is 9.77. The van der Waals surface area contributed by atoms with Gasteiger partial charge in [-0.05, 0) is 43.5 Å². The summed E-state index contributed by atoms with van der Waals surface area (Å²) in [6, 6.07) is 6.75. The summed E-state index contributed by atoms with van der Waals surface area (Å²) >= 11 is 0. The van der Waals surface area contributed by atoms with Crippen LogP contribution in [0.5, 0.6) is 0 Å². The number of benzene rings is 1. The van der Waals surface area contributed by atoms with Crippen molar-refractivity contribution in [2.45, 2.75) is 38.8 Å². The first-order valence-electron chi connectivity index (χ1n) is 9.77. The van der Waals surface area contributed by atoms with Gasteiger partial charge in [0.05, 0.1) is 0 Å². The van der Waals surface area contributed by atoms with Gasteiger partial charge < -0.3 is 4.90 Å². The SMILES string of the molecule is CC(=O)N(Cc1cncnc1)C1CCCN(C/C=C/c2ccc(F)cc2)CC1. The van der Waals surface area contributed by atoms with Crippen LogP contribution in [0.1, 0.15) is 37.3 Å². The number of likely N-dealkylation sites (tertiary alicyclic amines) is 1. The smallest absolute Gasteiger partial charge is 0.219 e. The molecule has 1 aromatic carbocycles. The maximum Gasteiger partial charge on any atom is 0.219 e. The van der Waals surface area contributed by atoms with Crippen LogP contribution in [0.2, 0.25) is 0 Å². The van der Waals surface area contributed by atoms with E-state index in [4.69, 9.17) is 0 Å². The van der Waals surface area contributed by atoms with Crippen LogP contribution in [0.3, 0.4) is 0 Å². The third-order valence-electron chi connectivity index (χ3n) is 5.15. The van der Waals surface area contributed by atoms with Crippen LogP contribution in [0, 0.1) is 5.82 Å². The van der Waals surface area contributed by atoms with E-state index < -0.39 is 0 Å². The van der Waals surface area contributed by atoms with Crippen molar-refractivity contribution in [2.24, 2.45) is 0 Å². The number of aromatic nitrogens is 2. The average molecular weight is 382 g/mol. The number of carbonyl (C=O) groups excluding carboxylic acids is 1. The summed E-state index contributed by atoms with van der Waals surface area (Å²) in [5.41, 5.74) is 1.96. The zero-order valence-corrected chi connectivity index (χ0v) is 16.3. The molecule has 1 aliphatic heterocycles. The molecule has 6 heteroatoms. The van der Waals surface area contributed by atoms with Crippen molar-refractivity contribution in [3.8, 4) is 0 Å². The molecule has 0 N–H and O–H groups in total. The Bertz CT molecular complexity index is 779. The number of halogens is 1. The van der Waals surface area contributed by atoms with Crippen molar-refractivity contribution >= 4 is 12.0 Å². The lowest BCUT2D eigenvalue weighted by molar-refractivity contribution is -0.132. The number of rotatable bonds is 6. The van der Waals surface area contributed by atoms with Crippen LogP contribution in [0.15, 0.2) is 49.1 Å². The minimum atomic E-state index is -0.215. The fourth-order valence-electron chi connectivity index (χ4n) is 3.65. The maximum atomic E-state index is 13.0. The summed E-state index contributed by atoms with van der Waals surface area (Å²) < 4.78 is 13.0. The quantitative estimate of drug-likeness (QED) is 0.767. The van der Waals surface area contributed by atoms with Gasteiger partial charge in [-0.25, -0.2) is 14.4 Å². The molecular weight excluding hydrogens is 355 g/mol. The molecule has 0 bridgehead atoms. The third kappa shape index (κ3) is 5.96. The molecule has 148 valence electrons. The van der Waals surface area contributed by atoms with E-state index in [9.17, 15) is 9.18 Å². The number of nitrogens with zero attached hydrogens (tertiary/aromatic N) is 4. The van der Waals surface area contributed by atoms with Gasteiger partial charge in [0.25, 0.3) is 0 Å². The molecule has 5 nitrogen and oxygen atoms in total. The molecule has 1 fully saturated rings. The monoisotopic (exact) mass is 382 g/mol. The van der Waals surface area contributed by atoms with Crippen LogP contribution >= 0.6 is 0 Å². The molecule has 1 aliphatic rings. The molecular formula is C22H27FN4O. The van der Waals surface area contributed by atoms with Gasteiger partial charge in [0.1, 0.15) is 12.1 Å². The lowest BCUT2D eigenvalue weighted by atomic mass is 10.1. The Morgan fingerprint density at radius 3 is 2.68 bits per heavy atom. The van der Waals surface area contributed by atoms with Crippen molar-refractivity contribution in [3.05, 3.63) is 66.0 Å². The van der Waals surface area contributed by atoms with E-state index in [0.717, 1.165) is 50.0 Å². The van der Waals surface area contributed by atoms with E-state index in [0.29, 0.717) is 6.54 Å². The lowest BCUT2D eigenvalue weighted by Crippen LogP contribution is -2.39. The van der Waals surface area contributed by atoms with Crippen molar-refractivity contribution in [3.63, 3.8) is 0 Å². The Morgan fingerprint density at radius 2 is 1.96 bits per heavy atom. The number of hydrogen-bond donors (Lipinski definition) is 0. The zero-order chi connectivity index (χ0) is 19.8. The fraction of sp³-hybridized carbons (Fsp3) is 0.409. The molecule has 0 radical (unpaired) electrons. The van der Waals surface area contributed by atoms with Crippen LogP contribution in [0.4, 0.5) is 4.39 Å². The van der Waals surface area contributed by atoms with Crippen LogP contribution in [-0.4, -0.2) is 51.4 Å². The minimum Gasteiger partial charge on any atom is -0.335 e. The second-order valence-electron chi connectivity index (χ2n) is 7.23. The molecule has 0 spiro atoms. The maximum absolute atomic E-state index is 13.0. The highest BCUT2D eigenvalue weighted by atomic mass is 19.1. The summed E-state index contributed by atoms with van der Waals surface area (Å²) in [7, 11) is 0. The first-order chi connectivity index (χ1) is 13.6. The van der Waals surface area contributed by atoms with Crippen molar-refractivity contribution < 1.29 is 9.18 Å². The van der Waals surface area contributed by atoms with Crippen molar-refractivity contribution in [1.29, 1.82) is 0 Å². The van der Waals surface area contributed by atoms with E-state index in [-0.39, 0.29) is 17.8 Å². The van der Waals surface area contributed by atoms with Gasteiger partial charge in [0.15, 0.2) is 0 Å². The van der Waals surface area contributed by atoms with E-state index >= 15 is 0 Å². The molecule has 1 amide bonds. The predicted molar refractivity (Wildman–Crippen MR) is 108 cm³/mol. The summed E-state index contributed by atoms with van der Waals surface area (Å²) in [6.45, 7) is 5.03. The lowest BCUT2D eigenvalue weighted by Gasteiger charge is -2.30. The summed E-state index contributed by atoms with van der Waals surface area (Å²) in [4.78, 5) is 24.7. The Morgan fingerprint density at radius 1 is 1.21 bits per heavy atom. The highest BCUT2D eigenvalue weighted by Gasteiger charge is 2.24. The molecule has 1 atom stereocenters. The van der Waals surface area contributed by atoms with Crippen LogP contribution < -0.4 is 0 Å². The van der Waals surface area contributed by atoms with E-state index in [2.05, 4.69) is 20.9 Å².